The fourth-order valence-electron chi connectivity index (χ4n) is 2.92. The monoisotopic (exact) mass is 310 g/mol. The predicted octanol–water partition coefficient (Wildman–Crippen LogP) is 1.94. The van der Waals surface area contributed by atoms with Crippen LogP contribution in [0.25, 0.3) is 0 Å². The Balaban J connectivity index is 1.58. The van der Waals surface area contributed by atoms with E-state index < -0.39 is 0 Å². The Morgan fingerprint density at radius 3 is 2.65 bits per heavy atom. The molecule has 4 heteroatoms. The molecule has 1 aliphatic heterocycles. The summed E-state index contributed by atoms with van der Waals surface area (Å²) >= 11 is 0. The van der Waals surface area contributed by atoms with Crippen LogP contribution in [0.15, 0.2) is 54.6 Å². The second kappa shape index (κ2) is 7.29. The highest BCUT2D eigenvalue weighted by molar-refractivity contribution is 5.81. The van der Waals surface area contributed by atoms with E-state index in [2.05, 4.69) is 16.7 Å². The third kappa shape index (κ3) is 3.90. The van der Waals surface area contributed by atoms with Gasteiger partial charge < -0.3 is 15.4 Å². The summed E-state index contributed by atoms with van der Waals surface area (Å²) < 4.78 is 5.93. The number of hydrogen-bond donors (Lipinski definition) is 2. The summed E-state index contributed by atoms with van der Waals surface area (Å²) in [6, 6.07) is 17.9. The normalized spacial score (nSPS) is 17.2. The maximum atomic E-state index is 12.1. The van der Waals surface area contributed by atoms with Gasteiger partial charge in [-0.25, -0.2) is 0 Å². The van der Waals surface area contributed by atoms with Gasteiger partial charge in [-0.2, -0.15) is 0 Å². The lowest BCUT2D eigenvalue weighted by Crippen LogP contribution is -2.47. The number of carbonyl (C=O) groups is 1. The van der Waals surface area contributed by atoms with E-state index in [4.69, 9.17) is 4.74 Å². The summed E-state index contributed by atoms with van der Waals surface area (Å²) in [5.41, 5.74) is 2.38. The Morgan fingerprint density at radius 2 is 1.91 bits per heavy atom. The Bertz CT molecular complexity index is 632. The van der Waals surface area contributed by atoms with Gasteiger partial charge in [-0.1, -0.05) is 48.5 Å². The minimum atomic E-state index is -0.255. The number of carbonyl (C=O) groups excluding carboxylic acids is 1. The topological polar surface area (TPSA) is 50.4 Å². The Labute approximate surface area is 136 Å². The molecule has 1 aliphatic rings. The van der Waals surface area contributed by atoms with Crippen LogP contribution in [0, 0.1) is 0 Å². The molecule has 0 aromatic heterocycles. The van der Waals surface area contributed by atoms with Gasteiger partial charge in [-0.15, -0.1) is 0 Å². The van der Waals surface area contributed by atoms with Crippen LogP contribution in [-0.4, -0.2) is 31.6 Å². The molecule has 1 heterocycles. The third-order valence-electron chi connectivity index (χ3n) is 4.15. The van der Waals surface area contributed by atoms with Crippen molar-refractivity contribution in [1.82, 2.24) is 10.6 Å². The van der Waals surface area contributed by atoms with Crippen molar-refractivity contribution in [3.8, 4) is 5.75 Å². The number of likely N-dealkylation sites (N-methyl/N-ethyl adjacent to an activating group) is 1. The van der Waals surface area contributed by atoms with Gasteiger partial charge in [0.05, 0.1) is 6.04 Å². The summed E-state index contributed by atoms with van der Waals surface area (Å²) in [6.07, 6.45) is 1.63. The van der Waals surface area contributed by atoms with E-state index in [0.29, 0.717) is 13.0 Å². The van der Waals surface area contributed by atoms with Gasteiger partial charge in [0.25, 0.3) is 0 Å². The number of para-hydroxylation sites is 1. The van der Waals surface area contributed by atoms with E-state index in [-0.39, 0.29) is 18.1 Å². The number of benzene rings is 2. The molecule has 0 saturated carbocycles. The van der Waals surface area contributed by atoms with Gasteiger partial charge >= 0.3 is 0 Å². The lowest BCUT2D eigenvalue weighted by Gasteiger charge is -2.20. The second-order valence-electron chi connectivity index (χ2n) is 5.82. The van der Waals surface area contributed by atoms with Crippen LogP contribution < -0.4 is 15.4 Å². The third-order valence-corrected chi connectivity index (χ3v) is 4.15. The maximum Gasteiger partial charge on any atom is 0.237 e. The molecule has 0 aliphatic carbocycles. The van der Waals surface area contributed by atoms with Crippen LogP contribution in [0.5, 0.6) is 5.75 Å². The fraction of sp³-hybridized carbons (Fsp3) is 0.316. The summed E-state index contributed by atoms with van der Waals surface area (Å²) in [5, 5.41) is 6.09. The highest BCUT2D eigenvalue weighted by Gasteiger charge is 2.25. The zero-order chi connectivity index (χ0) is 16.1. The Hall–Kier alpha value is -2.33. The van der Waals surface area contributed by atoms with Crippen molar-refractivity contribution in [1.29, 1.82) is 0 Å². The zero-order valence-electron chi connectivity index (χ0n) is 13.3. The maximum absolute atomic E-state index is 12.1. The second-order valence-corrected chi connectivity index (χ2v) is 5.82. The highest BCUT2D eigenvalue weighted by atomic mass is 16.5. The number of fused-ring (bicyclic) bond motifs is 1. The number of ether oxygens (including phenoxy) is 1. The first-order chi connectivity index (χ1) is 11.3. The first-order valence-electron chi connectivity index (χ1n) is 7.99. The lowest BCUT2D eigenvalue weighted by molar-refractivity contribution is -0.122. The van der Waals surface area contributed by atoms with Crippen LogP contribution in [0.2, 0.25) is 0 Å². The molecule has 2 atom stereocenters. The molecule has 0 spiro atoms. The minimum absolute atomic E-state index is 0.00404. The van der Waals surface area contributed by atoms with Crippen LogP contribution >= 0.6 is 0 Å². The van der Waals surface area contributed by atoms with Gasteiger partial charge in [0.1, 0.15) is 11.9 Å². The first kappa shape index (κ1) is 15.6. The van der Waals surface area contributed by atoms with Gasteiger partial charge in [-0.3, -0.25) is 4.79 Å². The van der Waals surface area contributed by atoms with Gasteiger partial charge in [0.15, 0.2) is 0 Å². The molecule has 2 aromatic rings. The van der Waals surface area contributed by atoms with Crippen molar-refractivity contribution < 1.29 is 9.53 Å². The molecular weight excluding hydrogens is 288 g/mol. The quantitative estimate of drug-likeness (QED) is 0.857. The molecule has 2 aromatic carbocycles. The van der Waals surface area contributed by atoms with Crippen LogP contribution in [0.4, 0.5) is 0 Å². The van der Waals surface area contributed by atoms with Crippen molar-refractivity contribution in [2.75, 3.05) is 13.6 Å². The van der Waals surface area contributed by atoms with Crippen LogP contribution in [-0.2, 0) is 17.6 Å². The van der Waals surface area contributed by atoms with E-state index in [1.807, 2.05) is 48.5 Å². The van der Waals surface area contributed by atoms with E-state index >= 15 is 0 Å². The van der Waals surface area contributed by atoms with E-state index in [1.54, 1.807) is 7.05 Å². The minimum Gasteiger partial charge on any atom is -0.488 e. The van der Waals surface area contributed by atoms with Crippen molar-refractivity contribution in [3.05, 3.63) is 65.7 Å². The van der Waals surface area contributed by atoms with E-state index in [1.165, 1.54) is 5.56 Å². The van der Waals surface area contributed by atoms with Crippen molar-refractivity contribution in [3.63, 3.8) is 0 Å². The molecule has 0 radical (unpaired) electrons. The molecule has 3 rings (SSSR count). The smallest absolute Gasteiger partial charge is 0.237 e. The molecular formula is C19H22N2O2. The average Bonchev–Trinajstić information content (AvgIpc) is 3.01. The van der Waals surface area contributed by atoms with Gasteiger partial charge in [0.2, 0.25) is 5.91 Å². The number of rotatable bonds is 6. The predicted molar refractivity (Wildman–Crippen MR) is 90.6 cm³/mol. The molecule has 23 heavy (non-hydrogen) atoms. The summed E-state index contributed by atoms with van der Waals surface area (Å²) in [5.74, 6) is 0.961. The number of hydrogen-bond acceptors (Lipinski definition) is 3. The van der Waals surface area contributed by atoms with Gasteiger partial charge in [-0.05, 0) is 23.6 Å². The molecule has 2 N–H and O–H groups in total. The van der Waals surface area contributed by atoms with Crippen molar-refractivity contribution >= 4 is 5.91 Å². The van der Waals surface area contributed by atoms with Crippen LogP contribution in [0.1, 0.15) is 11.1 Å². The molecule has 0 bridgehead atoms. The molecule has 120 valence electrons. The summed E-state index contributed by atoms with van der Waals surface area (Å²) in [6.45, 7) is 0.652. The van der Waals surface area contributed by atoms with E-state index in [0.717, 1.165) is 17.7 Å². The standard InChI is InChI=1S/C19H22N2O2/c1-20-19(22)17(11-14-7-3-2-4-8-14)21-13-16-12-15-9-5-6-10-18(15)23-16/h2-10,16-17,21H,11-13H2,1H3,(H,20,22). The Morgan fingerprint density at radius 1 is 1.17 bits per heavy atom. The number of amides is 1. The number of nitrogens with one attached hydrogen (secondary N) is 2. The molecule has 2 unspecified atom stereocenters. The lowest BCUT2D eigenvalue weighted by atomic mass is 10.0. The molecule has 4 nitrogen and oxygen atoms in total. The van der Waals surface area contributed by atoms with Gasteiger partial charge in [0, 0.05) is 20.0 Å². The first-order valence-corrected chi connectivity index (χ1v) is 7.99. The fourth-order valence-corrected chi connectivity index (χ4v) is 2.92. The average molecular weight is 310 g/mol. The van der Waals surface area contributed by atoms with E-state index in [9.17, 15) is 4.79 Å². The SMILES string of the molecule is CNC(=O)C(Cc1ccccc1)NCC1Cc2ccccc2O1. The van der Waals surface area contributed by atoms with Crippen molar-refractivity contribution in [2.45, 2.75) is 25.0 Å². The molecule has 1 amide bonds. The van der Waals surface area contributed by atoms with Crippen LogP contribution in [0.3, 0.4) is 0 Å². The molecule has 0 saturated heterocycles. The summed E-state index contributed by atoms with van der Waals surface area (Å²) in [4.78, 5) is 12.1. The largest absolute Gasteiger partial charge is 0.488 e. The Kier molecular flexibility index (Phi) is 4.93. The molecule has 0 fully saturated rings. The zero-order valence-corrected chi connectivity index (χ0v) is 13.3. The highest BCUT2D eigenvalue weighted by Crippen LogP contribution is 2.27. The summed E-state index contributed by atoms with van der Waals surface area (Å²) in [7, 11) is 1.67. The van der Waals surface area contributed by atoms with Crippen molar-refractivity contribution in [2.24, 2.45) is 0 Å².